The highest BCUT2D eigenvalue weighted by Crippen LogP contribution is 2.27. The fourth-order valence-electron chi connectivity index (χ4n) is 3.77. The van der Waals surface area contributed by atoms with Crippen LogP contribution in [0.4, 0.5) is 11.6 Å². The lowest BCUT2D eigenvalue weighted by Gasteiger charge is -2.36. The van der Waals surface area contributed by atoms with Crippen molar-refractivity contribution in [3.8, 4) is 5.88 Å². The van der Waals surface area contributed by atoms with Gasteiger partial charge in [-0.05, 0) is 24.5 Å². The number of benzene rings is 1. The molecule has 0 N–H and O–H groups in total. The summed E-state index contributed by atoms with van der Waals surface area (Å²) in [6.07, 6.45) is 3.80. The standard InChI is InChI=1S/C20H25N5O2/c1-27-18-8-9-21-20(22-18)24-13-11-23(12-14-24)15-19(26)25-10-4-6-16-5-2-3-7-17(16)25/h2-3,5,7-9H,4,6,10-15H2,1H3. The van der Waals surface area contributed by atoms with Crippen LogP contribution in [0, 0.1) is 0 Å². The van der Waals surface area contributed by atoms with Gasteiger partial charge in [0.05, 0.1) is 13.7 Å². The second-order valence-corrected chi connectivity index (χ2v) is 6.94. The van der Waals surface area contributed by atoms with Gasteiger partial charge >= 0.3 is 0 Å². The summed E-state index contributed by atoms with van der Waals surface area (Å²) < 4.78 is 5.18. The van der Waals surface area contributed by atoms with Crippen molar-refractivity contribution in [3.63, 3.8) is 0 Å². The molecule has 1 aromatic heterocycles. The number of carbonyl (C=O) groups is 1. The second-order valence-electron chi connectivity index (χ2n) is 6.94. The summed E-state index contributed by atoms with van der Waals surface area (Å²) in [6, 6.07) is 9.99. The molecular weight excluding hydrogens is 342 g/mol. The van der Waals surface area contributed by atoms with Gasteiger partial charge in [-0.1, -0.05) is 18.2 Å². The first-order valence-electron chi connectivity index (χ1n) is 9.47. The van der Waals surface area contributed by atoms with Gasteiger partial charge in [0.2, 0.25) is 17.7 Å². The number of aromatic nitrogens is 2. The summed E-state index contributed by atoms with van der Waals surface area (Å²) in [6.45, 7) is 4.52. The van der Waals surface area contributed by atoms with Crippen LogP contribution in [0.25, 0.3) is 0 Å². The topological polar surface area (TPSA) is 61.8 Å². The lowest BCUT2D eigenvalue weighted by atomic mass is 10.0. The van der Waals surface area contributed by atoms with E-state index < -0.39 is 0 Å². The van der Waals surface area contributed by atoms with Crippen LogP contribution in [0.3, 0.4) is 0 Å². The first kappa shape index (κ1) is 17.7. The molecule has 2 aliphatic rings. The van der Waals surface area contributed by atoms with Gasteiger partial charge in [-0.3, -0.25) is 9.69 Å². The maximum absolute atomic E-state index is 12.9. The number of aryl methyl sites for hydroxylation is 1. The molecule has 142 valence electrons. The number of anilines is 2. The maximum atomic E-state index is 12.9. The van der Waals surface area contributed by atoms with Crippen molar-refractivity contribution in [2.45, 2.75) is 12.8 Å². The number of carbonyl (C=O) groups excluding carboxylic acids is 1. The number of ether oxygens (including phenoxy) is 1. The number of nitrogens with zero attached hydrogens (tertiary/aromatic N) is 5. The van der Waals surface area contributed by atoms with Crippen LogP contribution in [-0.2, 0) is 11.2 Å². The minimum absolute atomic E-state index is 0.188. The molecule has 0 atom stereocenters. The summed E-state index contributed by atoms with van der Waals surface area (Å²) in [4.78, 5) is 27.9. The third kappa shape index (κ3) is 3.88. The summed E-state index contributed by atoms with van der Waals surface area (Å²) in [5, 5.41) is 0. The highest BCUT2D eigenvalue weighted by atomic mass is 16.5. The van der Waals surface area contributed by atoms with Crippen LogP contribution in [-0.4, -0.2) is 67.2 Å². The van der Waals surface area contributed by atoms with E-state index in [9.17, 15) is 4.79 Å². The van der Waals surface area contributed by atoms with Crippen LogP contribution < -0.4 is 14.5 Å². The molecule has 4 rings (SSSR count). The molecule has 1 fully saturated rings. The molecule has 1 aromatic carbocycles. The van der Waals surface area contributed by atoms with Gasteiger partial charge in [0.25, 0.3) is 0 Å². The molecule has 0 aliphatic carbocycles. The smallest absolute Gasteiger partial charge is 0.241 e. The Morgan fingerprint density at radius 3 is 2.74 bits per heavy atom. The normalized spacial score (nSPS) is 17.5. The molecule has 0 unspecified atom stereocenters. The number of hydrogen-bond donors (Lipinski definition) is 0. The lowest BCUT2D eigenvalue weighted by molar-refractivity contribution is -0.119. The van der Waals surface area contributed by atoms with E-state index in [2.05, 4.69) is 31.9 Å². The van der Waals surface area contributed by atoms with Crippen molar-refractivity contribution < 1.29 is 9.53 Å². The Hall–Kier alpha value is -2.67. The summed E-state index contributed by atoms with van der Waals surface area (Å²) in [7, 11) is 1.61. The monoisotopic (exact) mass is 367 g/mol. The quantitative estimate of drug-likeness (QED) is 0.818. The fourth-order valence-corrected chi connectivity index (χ4v) is 3.77. The molecule has 2 aromatic rings. The van der Waals surface area contributed by atoms with Crippen molar-refractivity contribution in [1.29, 1.82) is 0 Å². The minimum atomic E-state index is 0.188. The number of hydrogen-bond acceptors (Lipinski definition) is 6. The van der Waals surface area contributed by atoms with Crippen molar-refractivity contribution in [2.75, 3.05) is 56.2 Å². The zero-order valence-electron chi connectivity index (χ0n) is 15.7. The molecule has 27 heavy (non-hydrogen) atoms. The number of fused-ring (bicyclic) bond motifs is 1. The fraction of sp³-hybridized carbons (Fsp3) is 0.450. The number of amides is 1. The van der Waals surface area contributed by atoms with Gasteiger partial charge < -0.3 is 14.5 Å². The SMILES string of the molecule is COc1ccnc(N2CCN(CC(=O)N3CCCc4ccccc43)CC2)n1. The Morgan fingerprint density at radius 1 is 1.11 bits per heavy atom. The Balaban J connectivity index is 1.35. The van der Waals surface area contributed by atoms with Crippen LogP contribution in [0.2, 0.25) is 0 Å². The van der Waals surface area contributed by atoms with Gasteiger partial charge in [0.1, 0.15) is 0 Å². The van der Waals surface area contributed by atoms with Gasteiger partial charge in [-0.25, -0.2) is 4.98 Å². The first-order valence-corrected chi connectivity index (χ1v) is 9.47. The average Bonchev–Trinajstić information content (AvgIpc) is 2.74. The van der Waals surface area contributed by atoms with E-state index in [1.54, 1.807) is 19.4 Å². The van der Waals surface area contributed by atoms with E-state index in [1.807, 2.05) is 17.0 Å². The third-order valence-electron chi connectivity index (χ3n) is 5.25. The summed E-state index contributed by atoms with van der Waals surface area (Å²) in [5.41, 5.74) is 2.36. The lowest BCUT2D eigenvalue weighted by Crippen LogP contribution is -2.51. The molecule has 1 amide bonds. The maximum Gasteiger partial charge on any atom is 0.241 e. The highest BCUT2D eigenvalue weighted by Gasteiger charge is 2.26. The largest absolute Gasteiger partial charge is 0.481 e. The van der Waals surface area contributed by atoms with Crippen molar-refractivity contribution in [2.24, 2.45) is 0 Å². The number of para-hydroxylation sites is 1. The molecule has 2 aliphatic heterocycles. The van der Waals surface area contributed by atoms with E-state index in [0.29, 0.717) is 18.4 Å². The zero-order chi connectivity index (χ0) is 18.6. The van der Waals surface area contributed by atoms with Gasteiger partial charge in [0, 0.05) is 50.7 Å². The van der Waals surface area contributed by atoms with Gasteiger partial charge in [0.15, 0.2) is 0 Å². The van der Waals surface area contributed by atoms with Crippen LogP contribution in [0.15, 0.2) is 36.5 Å². The Morgan fingerprint density at radius 2 is 1.93 bits per heavy atom. The number of rotatable bonds is 4. The molecule has 3 heterocycles. The molecule has 7 nitrogen and oxygen atoms in total. The molecular formula is C20H25N5O2. The van der Waals surface area contributed by atoms with Crippen LogP contribution in [0.1, 0.15) is 12.0 Å². The van der Waals surface area contributed by atoms with Crippen molar-refractivity contribution in [3.05, 3.63) is 42.1 Å². The van der Waals surface area contributed by atoms with Gasteiger partial charge in [-0.15, -0.1) is 0 Å². The Labute approximate surface area is 159 Å². The number of methoxy groups -OCH3 is 1. The number of piperazine rings is 1. The van der Waals surface area contributed by atoms with Crippen molar-refractivity contribution in [1.82, 2.24) is 14.9 Å². The van der Waals surface area contributed by atoms with E-state index in [4.69, 9.17) is 4.74 Å². The van der Waals surface area contributed by atoms with Crippen LogP contribution >= 0.6 is 0 Å². The van der Waals surface area contributed by atoms with E-state index >= 15 is 0 Å². The molecule has 0 radical (unpaired) electrons. The molecule has 1 saturated heterocycles. The van der Waals surface area contributed by atoms with E-state index in [1.165, 1.54) is 5.56 Å². The minimum Gasteiger partial charge on any atom is -0.481 e. The molecule has 0 spiro atoms. The third-order valence-corrected chi connectivity index (χ3v) is 5.25. The summed E-state index contributed by atoms with van der Waals surface area (Å²) >= 11 is 0. The molecule has 0 bridgehead atoms. The predicted molar refractivity (Wildman–Crippen MR) is 104 cm³/mol. The van der Waals surface area contributed by atoms with E-state index in [0.717, 1.165) is 51.3 Å². The Kier molecular flexibility index (Phi) is 5.20. The van der Waals surface area contributed by atoms with E-state index in [-0.39, 0.29) is 5.91 Å². The first-order chi connectivity index (χ1) is 13.2. The summed E-state index contributed by atoms with van der Waals surface area (Å²) in [5.74, 6) is 1.44. The second kappa shape index (κ2) is 7.92. The van der Waals surface area contributed by atoms with Gasteiger partial charge in [-0.2, -0.15) is 4.98 Å². The highest BCUT2D eigenvalue weighted by molar-refractivity contribution is 5.96. The zero-order valence-corrected chi connectivity index (χ0v) is 15.7. The molecule has 7 heteroatoms. The molecule has 0 saturated carbocycles. The average molecular weight is 367 g/mol. The Bertz CT molecular complexity index is 804. The van der Waals surface area contributed by atoms with Crippen LogP contribution in [0.5, 0.6) is 5.88 Å². The van der Waals surface area contributed by atoms with Crippen molar-refractivity contribution >= 4 is 17.5 Å². The predicted octanol–water partition coefficient (Wildman–Crippen LogP) is 1.59.